The van der Waals surface area contributed by atoms with Gasteiger partial charge in [0.2, 0.25) is 0 Å². The van der Waals surface area contributed by atoms with Gasteiger partial charge in [0, 0.05) is 12.6 Å². The molecule has 0 spiro atoms. The Morgan fingerprint density at radius 3 is 2.55 bits per heavy atom. The third-order valence-corrected chi connectivity index (χ3v) is 3.84. The molecule has 6 heteroatoms. The molecule has 112 valence electrons. The Kier molecular flexibility index (Phi) is 4.25. The number of methoxy groups -OCH3 is 1. The summed E-state index contributed by atoms with van der Waals surface area (Å²) in [5.74, 6) is 0.560. The standard InChI is InChI=1S/C14H19F3N2O/c1-19-8-9(7-18)3-13(19)10-4-11(14(15,16)17)6-12(5-10)20-2/h4-6,9,13H,3,7-8,18H2,1-2H3. The minimum absolute atomic E-state index is 0.0419. The first-order valence-electron chi connectivity index (χ1n) is 6.51. The van der Waals surface area contributed by atoms with Gasteiger partial charge in [0.05, 0.1) is 12.7 Å². The fourth-order valence-electron chi connectivity index (χ4n) is 2.76. The topological polar surface area (TPSA) is 38.5 Å². The molecule has 0 radical (unpaired) electrons. The molecule has 3 nitrogen and oxygen atoms in total. The van der Waals surface area contributed by atoms with Crippen LogP contribution in [0.3, 0.4) is 0 Å². The summed E-state index contributed by atoms with van der Waals surface area (Å²) < 4.78 is 43.8. The number of alkyl halides is 3. The Morgan fingerprint density at radius 2 is 2.05 bits per heavy atom. The highest BCUT2D eigenvalue weighted by atomic mass is 19.4. The van der Waals surface area contributed by atoms with E-state index in [2.05, 4.69) is 0 Å². The lowest BCUT2D eigenvalue weighted by atomic mass is 9.98. The van der Waals surface area contributed by atoms with Crippen LogP contribution in [0.15, 0.2) is 18.2 Å². The monoisotopic (exact) mass is 288 g/mol. The van der Waals surface area contributed by atoms with Gasteiger partial charge in [-0.3, -0.25) is 4.90 Å². The van der Waals surface area contributed by atoms with E-state index in [9.17, 15) is 13.2 Å². The van der Waals surface area contributed by atoms with Crippen LogP contribution in [0.2, 0.25) is 0 Å². The highest BCUT2D eigenvalue weighted by molar-refractivity contribution is 5.38. The second-order valence-electron chi connectivity index (χ2n) is 5.29. The number of hydrogen-bond acceptors (Lipinski definition) is 3. The number of likely N-dealkylation sites (tertiary alicyclic amines) is 1. The lowest BCUT2D eigenvalue weighted by Crippen LogP contribution is -2.21. The second-order valence-corrected chi connectivity index (χ2v) is 5.29. The lowest BCUT2D eigenvalue weighted by molar-refractivity contribution is -0.137. The summed E-state index contributed by atoms with van der Waals surface area (Å²) in [7, 11) is 3.29. The average Bonchev–Trinajstić information content (AvgIpc) is 2.78. The number of halogens is 3. The van der Waals surface area contributed by atoms with Gasteiger partial charge in [-0.1, -0.05) is 0 Å². The zero-order chi connectivity index (χ0) is 14.9. The molecule has 1 aromatic carbocycles. The molecule has 1 aliphatic heterocycles. The van der Waals surface area contributed by atoms with E-state index in [1.165, 1.54) is 13.2 Å². The summed E-state index contributed by atoms with van der Waals surface area (Å²) in [6, 6.07) is 3.87. The third kappa shape index (κ3) is 3.07. The van der Waals surface area contributed by atoms with Gasteiger partial charge in [-0.2, -0.15) is 13.2 Å². The molecule has 1 saturated heterocycles. The van der Waals surface area contributed by atoms with Crippen molar-refractivity contribution in [2.75, 3.05) is 27.2 Å². The number of hydrogen-bond donors (Lipinski definition) is 1. The van der Waals surface area contributed by atoms with E-state index < -0.39 is 11.7 Å². The Morgan fingerprint density at radius 1 is 1.35 bits per heavy atom. The van der Waals surface area contributed by atoms with E-state index in [1.807, 2.05) is 11.9 Å². The number of rotatable bonds is 3. The van der Waals surface area contributed by atoms with Crippen LogP contribution in [-0.2, 0) is 6.18 Å². The van der Waals surface area contributed by atoms with E-state index >= 15 is 0 Å². The van der Waals surface area contributed by atoms with Crippen molar-refractivity contribution in [1.82, 2.24) is 4.90 Å². The fourth-order valence-corrected chi connectivity index (χ4v) is 2.76. The summed E-state index contributed by atoms with van der Waals surface area (Å²) in [5, 5.41) is 0. The maximum atomic E-state index is 12.9. The second kappa shape index (κ2) is 5.61. The first-order chi connectivity index (χ1) is 9.35. The minimum atomic E-state index is -4.37. The number of nitrogens with zero attached hydrogens (tertiary/aromatic N) is 1. The zero-order valence-electron chi connectivity index (χ0n) is 11.6. The van der Waals surface area contributed by atoms with Gasteiger partial charge in [-0.05, 0) is 49.7 Å². The van der Waals surface area contributed by atoms with Crippen LogP contribution < -0.4 is 10.5 Å². The van der Waals surface area contributed by atoms with E-state index in [0.717, 1.165) is 19.0 Å². The molecule has 1 aromatic rings. The highest BCUT2D eigenvalue weighted by Crippen LogP contribution is 2.39. The molecular formula is C14H19F3N2O. The maximum Gasteiger partial charge on any atom is 0.416 e. The molecule has 0 aromatic heterocycles. The zero-order valence-corrected chi connectivity index (χ0v) is 11.6. The summed E-state index contributed by atoms with van der Waals surface area (Å²) in [6.45, 7) is 1.36. The van der Waals surface area contributed by atoms with Crippen LogP contribution >= 0.6 is 0 Å². The van der Waals surface area contributed by atoms with E-state index in [4.69, 9.17) is 10.5 Å². The van der Waals surface area contributed by atoms with Gasteiger partial charge in [-0.15, -0.1) is 0 Å². The summed E-state index contributed by atoms with van der Waals surface area (Å²) in [6.07, 6.45) is -3.59. The highest BCUT2D eigenvalue weighted by Gasteiger charge is 2.34. The largest absolute Gasteiger partial charge is 0.497 e. The molecule has 0 aliphatic carbocycles. The Balaban J connectivity index is 2.36. The molecule has 20 heavy (non-hydrogen) atoms. The lowest BCUT2D eigenvalue weighted by Gasteiger charge is -2.21. The predicted octanol–water partition coefficient (Wildman–Crippen LogP) is 2.67. The molecule has 2 atom stereocenters. The quantitative estimate of drug-likeness (QED) is 0.929. The molecule has 0 amide bonds. The number of nitrogens with two attached hydrogens (primary N) is 1. The van der Waals surface area contributed by atoms with Gasteiger partial charge in [0.15, 0.2) is 0 Å². The first-order valence-corrected chi connectivity index (χ1v) is 6.51. The predicted molar refractivity (Wildman–Crippen MR) is 70.5 cm³/mol. The van der Waals surface area contributed by atoms with Crippen LogP contribution in [0.4, 0.5) is 13.2 Å². The third-order valence-electron chi connectivity index (χ3n) is 3.84. The van der Waals surface area contributed by atoms with Crippen molar-refractivity contribution in [3.05, 3.63) is 29.3 Å². The molecule has 1 fully saturated rings. The van der Waals surface area contributed by atoms with Gasteiger partial charge < -0.3 is 10.5 Å². The van der Waals surface area contributed by atoms with Crippen LogP contribution in [0.25, 0.3) is 0 Å². The van der Waals surface area contributed by atoms with Gasteiger partial charge in [-0.25, -0.2) is 0 Å². The normalized spacial score (nSPS) is 24.1. The van der Waals surface area contributed by atoms with Crippen LogP contribution in [0.1, 0.15) is 23.6 Å². The van der Waals surface area contributed by atoms with Crippen molar-refractivity contribution in [2.45, 2.75) is 18.6 Å². The fraction of sp³-hybridized carbons (Fsp3) is 0.571. The van der Waals surface area contributed by atoms with Gasteiger partial charge in [0.25, 0.3) is 0 Å². The van der Waals surface area contributed by atoms with Crippen molar-refractivity contribution in [2.24, 2.45) is 11.7 Å². The van der Waals surface area contributed by atoms with Gasteiger partial charge in [0.1, 0.15) is 5.75 Å². The smallest absolute Gasteiger partial charge is 0.416 e. The number of benzene rings is 1. The van der Waals surface area contributed by atoms with Gasteiger partial charge >= 0.3 is 6.18 Å². The minimum Gasteiger partial charge on any atom is -0.497 e. The van der Waals surface area contributed by atoms with Crippen molar-refractivity contribution in [3.8, 4) is 5.75 Å². The molecule has 1 aliphatic rings. The molecule has 2 N–H and O–H groups in total. The summed E-state index contributed by atoms with van der Waals surface area (Å²) in [4.78, 5) is 2.05. The Hall–Kier alpha value is -1.27. The van der Waals surface area contributed by atoms with E-state index in [-0.39, 0.29) is 11.8 Å². The van der Waals surface area contributed by atoms with E-state index in [0.29, 0.717) is 18.0 Å². The summed E-state index contributed by atoms with van der Waals surface area (Å²) >= 11 is 0. The molecular weight excluding hydrogens is 269 g/mol. The van der Waals surface area contributed by atoms with E-state index in [1.54, 1.807) is 6.07 Å². The molecule has 2 unspecified atom stereocenters. The molecule has 0 bridgehead atoms. The maximum absolute atomic E-state index is 12.9. The molecule has 0 saturated carbocycles. The summed E-state index contributed by atoms with van der Waals surface area (Å²) in [5.41, 5.74) is 5.62. The first kappa shape index (κ1) is 15.1. The van der Waals surface area contributed by atoms with Crippen molar-refractivity contribution >= 4 is 0 Å². The SMILES string of the molecule is COc1cc(C2CC(CN)CN2C)cc(C(F)(F)F)c1. The Labute approximate surface area is 116 Å². The van der Waals surface area contributed by atoms with Crippen molar-refractivity contribution in [3.63, 3.8) is 0 Å². The van der Waals surface area contributed by atoms with Crippen LogP contribution in [0, 0.1) is 5.92 Å². The number of ether oxygens (including phenoxy) is 1. The Bertz CT molecular complexity index is 476. The molecule has 1 heterocycles. The van der Waals surface area contributed by atoms with Crippen molar-refractivity contribution in [1.29, 1.82) is 0 Å². The van der Waals surface area contributed by atoms with Crippen LogP contribution in [0.5, 0.6) is 5.75 Å². The van der Waals surface area contributed by atoms with Crippen LogP contribution in [-0.4, -0.2) is 32.1 Å². The van der Waals surface area contributed by atoms with Crippen molar-refractivity contribution < 1.29 is 17.9 Å². The molecule has 2 rings (SSSR count). The average molecular weight is 288 g/mol.